The topological polar surface area (TPSA) is 83.1 Å². The van der Waals surface area contributed by atoms with Crippen molar-refractivity contribution in [1.29, 1.82) is 0 Å². The molecule has 2 N–H and O–H groups in total. The van der Waals surface area contributed by atoms with Crippen LogP contribution in [0.4, 0.5) is 0 Å². The summed E-state index contributed by atoms with van der Waals surface area (Å²) in [7, 11) is 3.42. The molecular weight excluding hydrogens is 588 g/mol. The first-order valence-electron chi connectivity index (χ1n) is 18.3. The van der Waals surface area contributed by atoms with E-state index in [1.807, 2.05) is 36.4 Å². The summed E-state index contributed by atoms with van der Waals surface area (Å²) in [6.07, 6.45) is 13.4. The number of unbranched alkanes of at least 4 members (excludes halogenated alkanes) is 4. The Morgan fingerprint density at radius 2 is 1.02 bits per heavy atom. The Balaban J connectivity index is 0.971. The van der Waals surface area contributed by atoms with E-state index in [1.165, 1.54) is 17.5 Å². The van der Waals surface area contributed by atoms with E-state index in [9.17, 15) is 9.59 Å². The summed E-state index contributed by atoms with van der Waals surface area (Å²) < 4.78 is 10.8. The number of likely N-dealkylation sites (tertiary alicyclic amines) is 2. The summed E-state index contributed by atoms with van der Waals surface area (Å²) in [5.41, 5.74) is 2.36. The minimum atomic E-state index is 0.335. The van der Waals surface area contributed by atoms with Crippen molar-refractivity contribution in [2.45, 2.75) is 96.6 Å². The van der Waals surface area contributed by atoms with Crippen LogP contribution >= 0.6 is 0 Å². The van der Waals surface area contributed by atoms with Crippen LogP contribution in [-0.4, -0.2) is 75.1 Å². The molecule has 2 amide bonds. The Labute approximate surface area is 283 Å². The number of amides is 2. The zero-order chi connectivity index (χ0) is 33.1. The van der Waals surface area contributed by atoms with E-state index in [2.05, 4.69) is 32.6 Å². The van der Waals surface area contributed by atoms with Gasteiger partial charge in [0, 0.05) is 63.2 Å². The summed E-state index contributed by atoms with van der Waals surface area (Å²) in [4.78, 5) is 29.8. The van der Waals surface area contributed by atoms with Crippen LogP contribution in [0.1, 0.15) is 94.6 Å². The number of para-hydroxylation sites is 2. The number of carbonyl (C=O) groups excluding carboxylic acids is 2. The Hall–Kier alpha value is -3.10. The van der Waals surface area contributed by atoms with Crippen molar-refractivity contribution in [1.82, 2.24) is 20.4 Å². The lowest BCUT2D eigenvalue weighted by atomic mass is 9.82. The molecule has 0 radical (unpaired) electrons. The van der Waals surface area contributed by atoms with Gasteiger partial charge in [-0.25, -0.2) is 0 Å². The number of ether oxygens (including phenoxy) is 2. The van der Waals surface area contributed by atoms with Gasteiger partial charge < -0.3 is 29.9 Å². The standard InChI is InChI=1S/C39H60N4O4/c1-46-36-15-9-7-13-34(36)30-40-23-11-3-5-17-38(44)42-25-19-32(20-26-42)29-33-21-27-43(28-22-33)39(45)18-6-4-12-24-41-31-35-14-8-10-16-37(35)47-2/h7-10,13-16,32-33,40-41H,3-6,11-12,17-31H2,1-2H3. The van der Waals surface area contributed by atoms with Crippen LogP contribution in [0.2, 0.25) is 0 Å². The summed E-state index contributed by atoms with van der Waals surface area (Å²) >= 11 is 0. The lowest BCUT2D eigenvalue weighted by Gasteiger charge is -2.37. The highest BCUT2D eigenvalue weighted by molar-refractivity contribution is 5.76. The van der Waals surface area contributed by atoms with Crippen molar-refractivity contribution in [3.63, 3.8) is 0 Å². The number of piperidine rings is 2. The number of rotatable bonds is 20. The lowest BCUT2D eigenvalue weighted by molar-refractivity contribution is -0.133. The highest BCUT2D eigenvalue weighted by atomic mass is 16.5. The van der Waals surface area contributed by atoms with Crippen LogP contribution in [-0.2, 0) is 22.7 Å². The minimum absolute atomic E-state index is 0.335. The average Bonchev–Trinajstić information content (AvgIpc) is 3.11. The first-order valence-corrected chi connectivity index (χ1v) is 18.3. The second-order valence-electron chi connectivity index (χ2n) is 13.5. The van der Waals surface area contributed by atoms with Crippen molar-refractivity contribution in [2.75, 3.05) is 53.5 Å². The second kappa shape index (κ2) is 21.0. The van der Waals surface area contributed by atoms with Crippen LogP contribution in [0, 0.1) is 11.8 Å². The maximum Gasteiger partial charge on any atom is 0.222 e. The van der Waals surface area contributed by atoms with Crippen molar-refractivity contribution in [3.05, 3.63) is 59.7 Å². The van der Waals surface area contributed by atoms with Gasteiger partial charge in [-0.2, -0.15) is 0 Å². The lowest BCUT2D eigenvalue weighted by Crippen LogP contribution is -2.41. The largest absolute Gasteiger partial charge is 0.496 e. The fourth-order valence-electron chi connectivity index (χ4n) is 7.17. The van der Waals surface area contributed by atoms with Crippen molar-refractivity contribution >= 4 is 11.8 Å². The van der Waals surface area contributed by atoms with E-state index in [0.29, 0.717) is 24.7 Å². The molecule has 0 unspecified atom stereocenters. The average molecular weight is 649 g/mol. The number of hydrogen-bond acceptors (Lipinski definition) is 6. The molecule has 0 aliphatic carbocycles. The molecule has 2 saturated heterocycles. The SMILES string of the molecule is COc1ccccc1CNCCCCCC(=O)N1CCC(CC2CCN(C(=O)CCCCCNCc3ccccc3OC)CC2)CC1. The number of benzene rings is 2. The molecule has 8 heteroatoms. The van der Waals surface area contributed by atoms with Gasteiger partial charge >= 0.3 is 0 Å². The van der Waals surface area contributed by atoms with Crippen molar-refractivity contribution in [2.24, 2.45) is 11.8 Å². The third-order valence-corrected chi connectivity index (χ3v) is 10.1. The van der Waals surface area contributed by atoms with E-state index in [-0.39, 0.29) is 0 Å². The van der Waals surface area contributed by atoms with Gasteiger partial charge in [-0.3, -0.25) is 9.59 Å². The Kier molecular flexibility index (Phi) is 16.4. The number of carbonyl (C=O) groups is 2. The van der Waals surface area contributed by atoms with E-state index < -0.39 is 0 Å². The van der Waals surface area contributed by atoms with Gasteiger partial charge in [-0.05, 0) is 94.8 Å². The van der Waals surface area contributed by atoms with Gasteiger partial charge in [0.15, 0.2) is 0 Å². The smallest absolute Gasteiger partial charge is 0.222 e. The molecule has 2 aliphatic rings. The molecule has 47 heavy (non-hydrogen) atoms. The van der Waals surface area contributed by atoms with Crippen LogP contribution < -0.4 is 20.1 Å². The van der Waals surface area contributed by atoms with E-state index >= 15 is 0 Å². The molecule has 2 aromatic carbocycles. The van der Waals surface area contributed by atoms with Gasteiger partial charge in [0.1, 0.15) is 11.5 Å². The normalized spacial score (nSPS) is 16.0. The van der Waals surface area contributed by atoms with E-state index in [1.54, 1.807) is 14.2 Å². The second-order valence-corrected chi connectivity index (χ2v) is 13.5. The van der Waals surface area contributed by atoms with Gasteiger partial charge in [-0.1, -0.05) is 49.2 Å². The summed E-state index contributed by atoms with van der Waals surface area (Å²) in [5, 5.41) is 6.99. The zero-order valence-electron chi connectivity index (χ0n) is 29.2. The highest BCUT2D eigenvalue weighted by Crippen LogP contribution is 2.30. The minimum Gasteiger partial charge on any atom is -0.496 e. The highest BCUT2D eigenvalue weighted by Gasteiger charge is 2.28. The van der Waals surface area contributed by atoms with Gasteiger partial charge in [-0.15, -0.1) is 0 Å². The molecule has 0 bridgehead atoms. The molecule has 0 aromatic heterocycles. The quantitative estimate of drug-likeness (QED) is 0.158. The molecule has 4 rings (SSSR count). The third kappa shape index (κ3) is 12.8. The maximum atomic E-state index is 12.8. The van der Waals surface area contributed by atoms with E-state index in [4.69, 9.17) is 9.47 Å². The predicted molar refractivity (Wildman–Crippen MR) is 190 cm³/mol. The van der Waals surface area contributed by atoms with Crippen molar-refractivity contribution < 1.29 is 19.1 Å². The summed E-state index contributed by atoms with van der Waals surface area (Å²) in [5.74, 6) is 3.96. The molecule has 8 nitrogen and oxygen atoms in total. The number of nitrogens with one attached hydrogen (secondary N) is 2. The van der Waals surface area contributed by atoms with Gasteiger partial charge in [0.25, 0.3) is 0 Å². The van der Waals surface area contributed by atoms with Crippen LogP contribution in [0.5, 0.6) is 11.5 Å². The summed E-state index contributed by atoms with van der Waals surface area (Å²) in [6, 6.07) is 16.2. The maximum absolute atomic E-state index is 12.8. The molecular formula is C39H60N4O4. The number of methoxy groups -OCH3 is 2. The third-order valence-electron chi connectivity index (χ3n) is 10.1. The van der Waals surface area contributed by atoms with Crippen LogP contribution in [0.15, 0.2) is 48.5 Å². The Morgan fingerprint density at radius 1 is 0.617 bits per heavy atom. The monoisotopic (exact) mass is 648 g/mol. The Bertz CT molecular complexity index is 1100. The first kappa shape index (κ1) is 36.7. The molecule has 0 spiro atoms. The van der Waals surface area contributed by atoms with Gasteiger partial charge in [0.05, 0.1) is 14.2 Å². The molecule has 2 fully saturated rings. The van der Waals surface area contributed by atoms with Crippen molar-refractivity contribution in [3.8, 4) is 11.5 Å². The first-order chi connectivity index (χ1) is 23.1. The molecule has 2 aromatic rings. The molecule has 2 heterocycles. The fourth-order valence-corrected chi connectivity index (χ4v) is 7.17. The molecule has 0 atom stereocenters. The predicted octanol–water partition coefficient (Wildman–Crippen LogP) is 6.57. The summed E-state index contributed by atoms with van der Waals surface area (Å²) in [6.45, 7) is 7.18. The Morgan fingerprint density at radius 3 is 1.43 bits per heavy atom. The fraction of sp³-hybridized carbons (Fsp3) is 0.641. The number of hydrogen-bond donors (Lipinski definition) is 2. The van der Waals surface area contributed by atoms with E-state index in [0.717, 1.165) is 140 Å². The zero-order valence-corrected chi connectivity index (χ0v) is 29.2. The van der Waals surface area contributed by atoms with Crippen LogP contribution in [0.3, 0.4) is 0 Å². The van der Waals surface area contributed by atoms with Gasteiger partial charge in [0.2, 0.25) is 11.8 Å². The molecule has 0 saturated carbocycles. The van der Waals surface area contributed by atoms with Crippen LogP contribution in [0.25, 0.3) is 0 Å². The number of nitrogens with zero attached hydrogens (tertiary/aromatic N) is 2. The molecule has 2 aliphatic heterocycles. The molecule has 260 valence electrons.